The number of rotatable bonds is 3. The van der Waals surface area contributed by atoms with E-state index < -0.39 is 17.8 Å². The number of nitrogens with one attached hydrogen (secondary N) is 1. The number of imide groups is 1. The number of carbonyl (C=O) groups is 3. The molecule has 0 aliphatic carbocycles. The SMILES string of the molecule is CCCC(=O)C(=O)NC(=O)O. The number of Topliss-reactive ketones (excluding diaryl/α,β-unsaturated/α-hetero) is 1. The van der Waals surface area contributed by atoms with Crippen LogP contribution in [0.3, 0.4) is 0 Å². The zero-order valence-electron chi connectivity index (χ0n) is 6.09. The van der Waals surface area contributed by atoms with Gasteiger partial charge in [-0.3, -0.25) is 14.9 Å². The second-order valence-electron chi connectivity index (χ2n) is 1.93. The van der Waals surface area contributed by atoms with E-state index in [1.54, 1.807) is 6.92 Å². The molecule has 0 bridgehead atoms. The van der Waals surface area contributed by atoms with Crippen molar-refractivity contribution in [3.05, 3.63) is 0 Å². The molecule has 0 aromatic carbocycles. The Hall–Kier alpha value is -1.39. The second kappa shape index (κ2) is 4.43. The van der Waals surface area contributed by atoms with Crippen LogP contribution < -0.4 is 5.32 Å². The van der Waals surface area contributed by atoms with Gasteiger partial charge in [-0.05, 0) is 6.42 Å². The molecule has 0 atom stereocenters. The Morgan fingerprint density at radius 1 is 1.36 bits per heavy atom. The van der Waals surface area contributed by atoms with Crippen LogP contribution in [0, 0.1) is 0 Å². The fourth-order valence-electron chi connectivity index (χ4n) is 0.507. The Bertz CT molecular complexity index is 187. The Labute approximate surface area is 63.4 Å². The molecule has 5 heteroatoms. The van der Waals surface area contributed by atoms with Gasteiger partial charge in [-0.2, -0.15) is 0 Å². The van der Waals surface area contributed by atoms with Crippen LogP contribution in [0.25, 0.3) is 0 Å². The number of amides is 2. The molecule has 62 valence electrons. The van der Waals surface area contributed by atoms with Gasteiger partial charge in [-0.25, -0.2) is 4.79 Å². The second-order valence-corrected chi connectivity index (χ2v) is 1.93. The minimum absolute atomic E-state index is 0.0825. The van der Waals surface area contributed by atoms with E-state index in [1.807, 2.05) is 0 Å². The molecule has 0 saturated heterocycles. The van der Waals surface area contributed by atoms with Gasteiger partial charge in [0, 0.05) is 6.42 Å². The molecule has 0 aromatic heterocycles. The lowest BCUT2D eigenvalue weighted by atomic mass is 10.2. The van der Waals surface area contributed by atoms with E-state index in [1.165, 1.54) is 5.32 Å². The van der Waals surface area contributed by atoms with Gasteiger partial charge in [-0.15, -0.1) is 0 Å². The molecule has 0 saturated carbocycles. The van der Waals surface area contributed by atoms with Gasteiger partial charge in [0.05, 0.1) is 0 Å². The standard InChI is InChI=1S/C6H9NO4/c1-2-3-4(8)5(9)7-6(10)11/h2-3H2,1H3,(H,7,9)(H,10,11). The largest absolute Gasteiger partial charge is 0.465 e. The summed E-state index contributed by atoms with van der Waals surface area (Å²) in [6.45, 7) is 1.73. The average Bonchev–Trinajstić information content (AvgIpc) is 1.86. The molecule has 0 aromatic rings. The third-order valence-corrected chi connectivity index (χ3v) is 0.951. The molecular weight excluding hydrogens is 150 g/mol. The van der Waals surface area contributed by atoms with Crippen LogP contribution in [0.15, 0.2) is 0 Å². The molecule has 0 fully saturated rings. The fourth-order valence-corrected chi connectivity index (χ4v) is 0.507. The smallest absolute Gasteiger partial charge is 0.411 e. The number of ketones is 1. The van der Waals surface area contributed by atoms with Gasteiger partial charge < -0.3 is 5.11 Å². The van der Waals surface area contributed by atoms with Crippen molar-refractivity contribution in [2.24, 2.45) is 0 Å². The molecule has 0 heterocycles. The zero-order chi connectivity index (χ0) is 8.85. The highest BCUT2D eigenvalue weighted by Gasteiger charge is 2.13. The first kappa shape index (κ1) is 9.61. The maximum Gasteiger partial charge on any atom is 0.411 e. The topological polar surface area (TPSA) is 83.5 Å². The van der Waals surface area contributed by atoms with Crippen molar-refractivity contribution >= 4 is 17.8 Å². The van der Waals surface area contributed by atoms with E-state index in [-0.39, 0.29) is 6.42 Å². The first-order chi connectivity index (χ1) is 5.07. The molecule has 2 N–H and O–H groups in total. The summed E-state index contributed by atoms with van der Waals surface area (Å²) in [5.41, 5.74) is 0. The number of hydrogen-bond acceptors (Lipinski definition) is 3. The molecule has 0 aliphatic heterocycles. The van der Waals surface area contributed by atoms with Crippen LogP contribution in [0.2, 0.25) is 0 Å². The third-order valence-electron chi connectivity index (χ3n) is 0.951. The average molecular weight is 159 g/mol. The van der Waals surface area contributed by atoms with Crippen molar-refractivity contribution < 1.29 is 19.5 Å². The molecule has 5 nitrogen and oxygen atoms in total. The molecule has 2 amide bonds. The highest BCUT2D eigenvalue weighted by molar-refractivity contribution is 6.38. The molecule has 0 radical (unpaired) electrons. The lowest BCUT2D eigenvalue weighted by Gasteiger charge is -1.95. The lowest BCUT2D eigenvalue weighted by molar-refractivity contribution is -0.137. The fraction of sp³-hybridized carbons (Fsp3) is 0.500. The van der Waals surface area contributed by atoms with Crippen LogP contribution in [-0.4, -0.2) is 22.9 Å². The predicted octanol–water partition coefficient (Wildman–Crippen LogP) is 0.150. The molecule has 0 unspecified atom stereocenters. The van der Waals surface area contributed by atoms with Gasteiger partial charge in [0.2, 0.25) is 5.78 Å². The maximum absolute atomic E-state index is 10.6. The summed E-state index contributed by atoms with van der Waals surface area (Å²) < 4.78 is 0. The number of carboxylic acid groups (broad SMARTS) is 1. The normalized spacial score (nSPS) is 8.82. The van der Waals surface area contributed by atoms with E-state index in [0.717, 1.165) is 0 Å². The minimum Gasteiger partial charge on any atom is -0.465 e. The van der Waals surface area contributed by atoms with Crippen LogP contribution in [0.4, 0.5) is 4.79 Å². The van der Waals surface area contributed by atoms with E-state index in [9.17, 15) is 14.4 Å². The highest BCUT2D eigenvalue weighted by atomic mass is 16.4. The Morgan fingerprint density at radius 3 is 2.27 bits per heavy atom. The van der Waals surface area contributed by atoms with E-state index in [0.29, 0.717) is 6.42 Å². The number of hydrogen-bond donors (Lipinski definition) is 2. The Morgan fingerprint density at radius 2 is 1.91 bits per heavy atom. The van der Waals surface area contributed by atoms with E-state index in [2.05, 4.69) is 0 Å². The van der Waals surface area contributed by atoms with Crippen molar-refractivity contribution in [3.8, 4) is 0 Å². The number of carbonyl (C=O) groups excluding carboxylic acids is 2. The molecule has 0 rings (SSSR count). The third kappa shape index (κ3) is 4.07. The zero-order valence-corrected chi connectivity index (χ0v) is 6.09. The molecule has 11 heavy (non-hydrogen) atoms. The van der Waals surface area contributed by atoms with Crippen molar-refractivity contribution in [1.82, 2.24) is 5.32 Å². The highest BCUT2D eigenvalue weighted by Crippen LogP contribution is 1.88. The van der Waals surface area contributed by atoms with Crippen LogP contribution in [0.5, 0.6) is 0 Å². The van der Waals surface area contributed by atoms with Crippen molar-refractivity contribution in [2.45, 2.75) is 19.8 Å². The van der Waals surface area contributed by atoms with Crippen molar-refractivity contribution in [1.29, 1.82) is 0 Å². The Balaban J connectivity index is 3.83. The van der Waals surface area contributed by atoms with Crippen LogP contribution in [-0.2, 0) is 9.59 Å². The van der Waals surface area contributed by atoms with E-state index in [4.69, 9.17) is 5.11 Å². The monoisotopic (exact) mass is 159 g/mol. The molecule has 0 aliphatic rings. The predicted molar refractivity (Wildman–Crippen MR) is 36.1 cm³/mol. The maximum atomic E-state index is 10.6. The minimum atomic E-state index is -1.50. The summed E-state index contributed by atoms with van der Waals surface area (Å²) in [5.74, 6) is -1.76. The van der Waals surface area contributed by atoms with E-state index >= 15 is 0 Å². The summed E-state index contributed by atoms with van der Waals surface area (Å²) in [5, 5.41) is 9.47. The van der Waals surface area contributed by atoms with Gasteiger partial charge in [0.25, 0.3) is 5.91 Å². The van der Waals surface area contributed by atoms with Gasteiger partial charge in [0.1, 0.15) is 0 Å². The first-order valence-corrected chi connectivity index (χ1v) is 3.15. The quantitative estimate of drug-likeness (QED) is 0.574. The summed E-state index contributed by atoms with van der Waals surface area (Å²) in [7, 11) is 0. The lowest BCUT2D eigenvalue weighted by Crippen LogP contribution is -2.34. The summed E-state index contributed by atoms with van der Waals surface area (Å²) in [4.78, 5) is 30.9. The first-order valence-electron chi connectivity index (χ1n) is 3.15. The molecular formula is C6H9NO4. The van der Waals surface area contributed by atoms with Gasteiger partial charge >= 0.3 is 6.09 Å². The van der Waals surface area contributed by atoms with Crippen molar-refractivity contribution in [3.63, 3.8) is 0 Å². The van der Waals surface area contributed by atoms with Gasteiger partial charge in [-0.1, -0.05) is 6.92 Å². The van der Waals surface area contributed by atoms with Crippen LogP contribution in [0.1, 0.15) is 19.8 Å². The van der Waals surface area contributed by atoms with Crippen molar-refractivity contribution in [2.75, 3.05) is 0 Å². The summed E-state index contributed by atoms with van der Waals surface area (Å²) >= 11 is 0. The van der Waals surface area contributed by atoms with Gasteiger partial charge in [0.15, 0.2) is 0 Å². The Kier molecular flexibility index (Phi) is 3.87. The van der Waals surface area contributed by atoms with Crippen LogP contribution >= 0.6 is 0 Å². The molecule has 0 spiro atoms. The summed E-state index contributed by atoms with van der Waals surface area (Å²) in [6.07, 6.45) is -0.884. The summed E-state index contributed by atoms with van der Waals surface area (Å²) in [6, 6.07) is 0.